The Bertz CT molecular complexity index is 1430. The first kappa shape index (κ1) is 45.1. The van der Waals surface area contributed by atoms with Crippen molar-refractivity contribution in [2.75, 3.05) is 0 Å². The third kappa shape index (κ3) is 14.8. The second kappa shape index (κ2) is 26.1. The monoisotopic (exact) mass is 729 g/mol. The smallest absolute Gasteiger partial charge is 0.753 e. The first-order valence-electron chi connectivity index (χ1n) is 11.0. The first-order valence-corrected chi connectivity index (χ1v) is 13.5. The van der Waals surface area contributed by atoms with E-state index in [-0.39, 0.29) is 38.7 Å². The molecule has 6 rings (SSSR count). The molecule has 0 saturated heterocycles. The third-order valence-electron chi connectivity index (χ3n) is 4.56. The predicted molar refractivity (Wildman–Crippen MR) is 182 cm³/mol. The van der Waals surface area contributed by atoms with E-state index in [0.717, 1.165) is 42.3 Å². The molecule has 0 bridgehead atoms. The zero-order chi connectivity index (χ0) is 28.4. The number of hydrogen-bond acceptors (Lipinski definition) is 12. The molecule has 0 atom stereocenters. The Hall–Kier alpha value is -4.33. The minimum Gasteiger partial charge on any atom is -0.753 e. The van der Waals surface area contributed by atoms with Crippen molar-refractivity contribution in [2.45, 2.75) is 0 Å². The second-order valence-electron chi connectivity index (χ2n) is 6.95. The summed E-state index contributed by atoms with van der Waals surface area (Å²) in [6, 6.07) is 15.4. The Morgan fingerprint density at radius 2 is 0.600 bits per heavy atom. The molecule has 0 unspecified atom stereocenters. The Labute approximate surface area is 286 Å². The molecule has 0 aliphatic carbocycles. The van der Waals surface area contributed by atoms with Crippen LogP contribution in [-0.2, 0) is 27.7 Å². The average molecular weight is 730 g/mol. The van der Waals surface area contributed by atoms with E-state index >= 15 is 0 Å². The van der Waals surface area contributed by atoms with Crippen molar-refractivity contribution in [3.63, 3.8) is 0 Å². The molecule has 0 fully saturated rings. The van der Waals surface area contributed by atoms with E-state index in [1.807, 2.05) is 48.5 Å². The summed E-state index contributed by atoms with van der Waals surface area (Å²) < 4.78 is 0. The van der Waals surface area contributed by atoms with Crippen molar-refractivity contribution in [2.24, 2.45) is 0 Å². The summed E-state index contributed by atoms with van der Waals surface area (Å²) in [4.78, 5) is 15.9. The zero-order valence-corrected chi connectivity index (χ0v) is 27.1. The van der Waals surface area contributed by atoms with Crippen LogP contribution in [0.25, 0.3) is 53.1 Å². The van der Waals surface area contributed by atoms with Gasteiger partial charge in [-0.1, -0.05) is 47.1 Å². The van der Waals surface area contributed by atoms with Crippen LogP contribution in [-0.4, -0.2) is 61.6 Å². The summed E-state index contributed by atoms with van der Waals surface area (Å²) in [5, 5.41) is 37.3. The minimum atomic E-state index is 0. The molecular weight excluding hydrogens is 704 g/mol. The van der Waals surface area contributed by atoms with Gasteiger partial charge in [-0.2, -0.15) is 10.3 Å². The quantitative estimate of drug-likeness (QED) is 0.145. The van der Waals surface area contributed by atoms with Crippen LogP contribution in [0.4, 0.5) is 0 Å². The molecule has 19 heteroatoms. The average Bonchev–Trinajstić information content (AvgIpc) is 3.72. The van der Waals surface area contributed by atoms with E-state index < -0.39 is 0 Å². The second-order valence-corrected chi connectivity index (χ2v) is 9.27. The summed E-state index contributed by atoms with van der Waals surface area (Å²) in [6.45, 7) is 0. The third-order valence-corrected chi connectivity index (χ3v) is 6.60. The molecule has 0 aliphatic heterocycles. The van der Waals surface area contributed by atoms with Gasteiger partial charge in [0, 0.05) is 71.8 Å². The first-order chi connectivity index (χ1) is 19.7. The van der Waals surface area contributed by atoms with Crippen LogP contribution >= 0.6 is 47.1 Å². The number of thiocarbonyl (C=S) groups is 2. The maximum atomic E-state index is 7.13. The summed E-state index contributed by atoms with van der Waals surface area (Å²) >= 11 is 10.5. The predicted octanol–water partition coefficient (Wildman–Crippen LogP) is 3.15. The summed E-state index contributed by atoms with van der Waals surface area (Å²) in [5.41, 5.74) is 4.16. The van der Waals surface area contributed by atoms with Crippen LogP contribution in [0.5, 0.6) is 0 Å². The molecule has 14 nitrogen and oxygen atoms in total. The van der Waals surface area contributed by atoms with Crippen LogP contribution in [0.2, 0.25) is 0 Å². The fourth-order valence-corrected chi connectivity index (χ4v) is 4.60. The van der Waals surface area contributed by atoms with Crippen molar-refractivity contribution in [1.29, 1.82) is 0 Å². The van der Waals surface area contributed by atoms with Crippen molar-refractivity contribution in [1.82, 2.24) is 40.3 Å². The molecule has 235 valence electrons. The molecule has 6 aromatic heterocycles. The van der Waals surface area contributed by atoms with Crippen LogP contribution < -0.4 is 0 Å². The topological polar surface area (TPSA) is 277 Å². The molecule has 10 N–H and O–H groups in total. The van der Waals surface area contributed by atoms with E-state index in [0.29, 0.717) is 0 Å². The van der Waals surface area contributed by atoms with Gasteiger partial charge >= 0.3 is 16.8 Å². The molecule has 45 heavy (non-hydrogen) atoms. The van der Waals surface area contributed by atoms with E-state index in [1.54, 1.807) is 72.2 Å². The molecule has 0 aliphatic rings. The fourth-order valence-electron chi connectivity index (χ4n) is 2.89. The molecular formula is C26H26CoN10O4S4+2. The maximum absolute atomic E-state index is 7.13. The number of aromatic nitrogens is 8. The Morgan fingerprint density at radius 1 is 0.444 bits per heavy atom. The van der Waals surface area contributed by atoms with Crippen molar-refractivity contribution < 1.29 is 38.7 Å². The SMILES string of the molecule is O.O.[Co+2].[N-]=C=S.[N-]=C=S.[OH3+].[OH3+].c1cc(-c2nnc(-c3ccncc3)s2)ccn1.c1cc(-c2nnc(-c3ccncc3)s2)ccn1. The van der Waals surface area contributed by atoms with Gasteiger partial charge in [0.25, 0.3) is 0 Å². The van der Waals surface area contributed by atoms with Gasteiger partial charge in [0.1, 0.15) is 20.0 Å². The maximum Gasteiger partial charge on any atom is 2.00 e. The molecule has 1 radical (unpaired) electrons. The normalized spacial score (nSPS) is 8.18. The molecule has 0 saturated carbocycles. The number of pyridine rings is 4. The van der Waals surface area contributed by atoms with Crippen LogP contribution in [0.3, 0.4) is 0 Å². The standard InChI is InChI=1S/2C12H8N4S.2CNS.Co.4H2O/c2*1-5-13-6-2-9(1)11-15-16-12(17-11)10-3-7-14-8-4-10;2*2-1-3;;;;;/h2*1-8H;;;;4*1H2/q;;2*-1;+2;;;;/p+2. The summed E-state index contributed by atoms with van der Waals surface area (Å²) in [6.07, 6.45) is 14.0. The molecule has 0 aromatic carbocycles. The van der Waals surface area contributed by atoms with E-state index in [4.69, 9.17) is 10.8 Å². The summed E-state index contributed by atoms with van der Waals surface area (Å²) in [7, 11) is 0. The van der Waals surface area contributed by atoms with Crippen molar-refractivity contribution in [3.8, 4) is 42.3 Å². The van der Waals surface area contributed by atoms with Crippen LogP contribution in [0, 0.1) is 0 Å². The number of nitrogens with zero attached hydrogens (tertiary/aromatic N) is 10. The van der Waals surface area contributed by atoms with Gasteiger partial charge in [0.05, 0.1) is 0 Å². The van der Waals surface area contributed by atoms with E-state index in [2.05, 4.69) is 64.8 Å². The number of hydrogen-bond donors (Lipinski definition) is 0. The Kier molecular flexibility index (Phi) is 26.2. The van der Waals surface area contributed by atoms with Gasteiger partial charge in [-0.05, 0) is 48.5 Å². The van der Waals surface area contributed by atoms with Gasteiger partial charge in [-0.15, -0.1) is 20.4 Å². The van der Waals surface area contributed by atoms with Gasteiger partial charge in [-0.25, -0.2) is 0 Å². The molecule has 6 heterocycles. The Morgan fingerprint density at radius 3 is 0.756 bits per heavy atom. The summed E-state index contributed by atoms with van der Waals surface area (Å²) in [5.74, 6) is 0. The minimum absolute atomic E-state index is 0. The van der Waals surface area contributed by atoms with Crippen molar-refractivity contribution >= 4 is 57.4 Å². The van der Waals surface area contributed by atoms with E-state index in [9.17, 15) is 0 Å². The number of isothiocyanates is 2. The van der Waals surface area contributed by atoms with Gasteiger partial charge in [0.15, 0.2) is 0 Å². The van der Waals surface area contributed by atoms with Gasteiger partial charge in [-0.3, -0.25) is 19.9 Å². The Balaban J connectivity index is -0.000000610. The largest absolute Gasteiger partial charge is 2.00 e. The molecule has 0 amide bonds. The molecule has 6 aromatic rings. The van der Waals surface area contributed by atoms with E-state index in [1.165, 1.54) is 10.3 Å². The van der Waals surface area contributed by atoms with Crippen LogP contribution in [0.15, 0.2) is 98.1 Å². The van der Waals surface area contributed by atoms with Crippen molar-refractivity contribution in [3.05, 3.63) is 109 Å². The number of rotatable bonds is 4. The van der Waals surface area contributed by atoms with Gasteiger partial charge in [0.2, 0.25) is 0 Å². The van der Waals surface area contributed by atoms with Gasteiger partial charge < -0.3 is 32.7 Å². The van der Waals surface area contributed by atoms with Crippen LogP contribution in [0.1, 0.15) is 0 Å². The molecule has 0 spiro atoms. The zero-order valence-electron chi connectivity index (χ0n) is 22.8. The fraction of sp³-hybridized carbons (Fsp3) is 0.